The van der Waals surface area contributed by atoms with Gasteiger partial charge in [0, 0.05) is 0 Å². The first-order valence-electron chi connectivity index (χ1n) is 7.86. The summed E-state index contributed by atoms with van der Waals surface area (Å²) in [6.45, 7) is 9.73. The van der Waals surface area contributed by atoms with E-state index in [-0.39, 0.29) is 6.10 Å². The highest BCUT2D eigenvalue weighted by Gasteiger charge is 2.34. The number of hydrogen-bond donors (Lipinski definition) is 1. The van der Waals surface area contributed by atoms with Crippen LogP contribution >= 0.6 is 7.60 Å². The standard InChI is InChI=1S/C19H25O3P/c1-13(2)22-23(20,21)19-9-7-6-8-17(19)12-18-15(4)10-14(3)11-16(18)5/h6-13,19H,1-5H3,(H,20,21). The summed E-state index contributed by atoms with van der Waals surface area (Å²) in [4.78, 5) is 10.3. The van der Waals surface area contributed by atoms with Crippen LogP contribution in [-0.4, -0.2) is 16.7 Å². The van der Waals surface area contributed by atoms with Gasteiger partial charge >= 0.3 is 7.60 Å². The smallest absolute Gasteiger partial charge is 0.324 e. The van der Waals surface area contributed by atoms with Crippen molar-refractivity contribution >= 4 is 13.7 Å². The van der Waals surface area contributed by atoms with Gasteiger partial charge in [-0.3, -0.25) is 4.57 Å². The number of hydrogen-bond acceptors (Lipinski definition) is 2. The van der Waals surface area contributed by atoms with Crippen LogP contribution in [0, 0.1) is 20.8 Å². The van der Waals surface area contributed by atoms with Crippen molar-refractivity contribution in [2.45, 2.75) is 46.4 Å². The molecular formula is C19H25O3P. The van der Waals surface area contributed by atoms with Crippen LogP contribution < -0.4 is 0 Å². The summed E-state index contributed by atoms with van der Waals surface area (Å²) < 4.78 is 17.9. The molecule has 3 nitrogen and oxygen atoms in total. The van der Waals surface area contributed by atoms with Crippen LogP contribution in [0.2, 0.25) is 0 Å². The minimum absolute atomic E-state index is 0.297. The maximum atomic E-state index is 12.6. The molecular weight excluding hydrogens is 307 g/mol. The van der Waals surface area contributed by atoms with Crippen molar-refractivity contribution in [2.24, 2.45) is 0 Å². The van der Waals surface area contributed by atoms with Gasteiger partial charge in [-0.15, -0.1) is 0 Å². The van der Waals surface area contributed by atoms with Crippen LogP contribution in [0.25, 0.3) is 6.08 Å². The van der Waals surface area contributed by atoms with Crippen molar-refractivity contribution in [2.75, 3.05) is 0 Å². The van der Waals surface area contributed by atoms with Crippen molar-refractivity contribution in [1.29, 1.82) is 0 Å². The van der Waals surface area contributed by atoms with Crippen LogP contribution in [0.3, 0.4) is 0 Å². The molecule has 1 aromatic carbocycles. The molecule has 124 valence electrons. The van der Waals surface area contributed by atoms with Gasteiger partial charge in [0.15, 0.2) is 0 Å². The van der Waals surface area contributed by atoms with Gasteiger partial charge in [0.1, 0.15) is 5.66 Å². The lowest BCUT2D eigenvalue weighted by molar-refractivity contribution is 0.203. The Bertz CT molecular complexity index is 703. The Kier molecular flexibility index (Phi) is 5.46. The SMILES string of the molecule is Cc1cc(C)c(C=C2C=CC=CC2P(=O)(O)OC(C)C)c(C)c1. The number of allylic oxidation sites excluding steroid dienone is 5. The summed E-state index contributed by atoms with van der Waals surface area (Å²) in [6.07, 6.45) is 9.01. The summed E-state index contributed by atoms with van der Waals surface area (Å²) in [5.74, 6) is 0. The second-order valence-electron chi connectivity index (χ2n) is 6.36. The zero-order valence-electron chi connectivity index (χ0n) is 14.4. The van der Waals surface area contributed by atoms with E-state index in [0.29, 0.717) is 0 Å². The van der Waals surface area contributed by atoms with E-state index in [9.17, 15) is 9.46 Å². The molecule has 1 N–H and O–H groups in total. The second-order valence-corrected chi connectivity index (χ2v) is 8.26. The third-order valence-electron chi connectivity index (χ3n) is 3.80. The quantitative estimate of drug-likeness (QED) is 0.780. The first-order chi connectivity index (χ1) is 10.7. The maximum absolute atomic E-state index is 12.6. The summed E-state index contributed by atoms with van der Waals surface area (Å²) in [5, 5.41) is 0. The van der Waals surface area contributed by atoms with E-state index in [1.165, 1.54) is 5.56 Å². The van der Waals surface area contributed by atoms with E-state index in [2.05, 4.69) is 32.9 Å². The largest absolute Gasteiger partial charge is 0.339 e. The molecule has 0 aliphatic heterocycles. The van der Waals surface area contributed by atoms with Crippen molar-refractivity contribution in [3.63, 3.8) is 0 Å². The average Bonchev–Trinajstić information content (AvgIpc) is 2.41. The molecule has 0 spiro atoms. The van der Waals surface area contributed by atoms with Gasteiger partial charge in [0.2, 0.25) is 0 Å². The Morgan fingerprint density at radius 1 is 1.17 bits per heavy atom. The Morgan fingerprint density at radius 2 is 1.78 bits per heavy atom. The van der Waals surface area contributed by atoms with Gasteiger partial charge in [-0.2, -0.15) is 0 Å². The predicted molar refractivity (Wildman–Crippen MR) is 96.7 cm³/mol. The van der Waals surface area contributed by atoms with E-state index in [4.69, 9.17) is 4.52 Å². The minimum Gasteiger partial charge on any atom is -0.324 e. The summed E-state index contributed by atoms with van der Waals surface area (Å²) >= 11 is 0. The number of benzene rings is 1. The molecule has 1 aliphatic rings. The summed E-state index contributed by atoms with van der Waals surface area (Å²) in [6, 6.07) is 4.25. The van der Waals surface area contributed by atoms with Gasteiger partial charge in [0.25, 0.3) is 0 Å². The Morgan fingerprint density at radius 3 is 2.35 bits per heavy atom. The normalized spacial score (nSPS) is 21.9. The molecule has 2 rings (SSSR count). The van der Waals surface area contributed by atoms with Crippen molar-refractivity contribution < 1.29 is 14.0 Å². The van der Waals surface area contributed by atoms with Gasteiger partial charge in [-0.1, -0.05) is 42.0 Å². The van der Waals surface area contributed by atoms with E-state index in [0.717, 1.165) is 22.3 Å². The van der Waals surface area contributed by atoms with Crippen molar-refractivity contribution in [3.05, 3.63) is 64.3 Å². The van der Waals surface area contributed by atoms with Crippen LogP contribution in [0.4, 0.5) is 0 Å². The molecule has 1 aromatic rings. The molecule has 0 aromatic heterocycles. The average molecular weight is 332 g/mol. The molecule has 0 fully saturated rings. The lowest BCUT2D eigenvalue weighted by atomic mass is 9.96. The highest BCUT2D eigenvalue weighted by Crippen LogP contribution is 2.53. The maximum Gasteiger partial charge on any atom is 0.339 e. The first-order valence-corrected chi connectivity index (χ1v) is 9.50. The van der Waals surface area contributed by atoms with Gasteiger partial charge in [-0.05, 0) is 63.0 Å². The third kappa shape index (κ3) is 4.32. The number of aryl methyl sites for hydroxylation is 3. The van der Waals surface area contributed by atoms with E-state index in [1.54, 1.807) is 26.0 Å². The summed E-state index contributed by atoms with van der Waals surface area (Å²) in [7, 11) is -3.76. The fourth-order valence-corrected chi connectivity index (χ4v) is 4.52. The fraction of sp³-hybridized carbons (Fsp3) is 0.368. The highest BCUT2D eigenvalue weighted by atomic mass is 31.2. The third-order valence-corrected chi connectivity index (χ3v) is 5.69. The molecule has 2 unspecified atom stereocenters. The van der Waals surface area contributed by atoms with Crippen LogP contribution in [0.15, 0.2) is 42.0 Å². The van der Waals surface area contributed by atoms with Crippen molar-refractivity contribution in [3.8, 4) is 0 Å². The Hall–Kier alpha value is -1.41. The molecule has 1 aliphatic carbocycles. The van der Waals surface area contributed by atoms with E-state index >= 15 is 0 Å². The van der Waals surface area contributed by atoms with Gasteiger partial charge < -0.3 is 9.42 Å². The Balaban J connectivity index is 2.46. The number of rotatable bonds is 4. The zero-order chi connectivity index (χ0) is 17.2. The lowest BCUT2D eigenvalue weighted by Crippen LogP contribution is -2.14. The zero-order valence-corrected chi connectivity index (χ0v) is 15.3. The van der Waals surface area contributed by atoms with Gasteiger partial charge in [-0.25, -0.2) is 0 Å². The molecule has 0 heterocycles. The lowest BCUT2D eigenvalue weighted by Gasteiger charge is -2.24. The van der Waals surface area contributed by atoms with Gasteiger partial charge in [0.05, 0.1) is 6.10 Å². The topological polar surface area (TPSA) is 46.5 Å². The molecule has 0 saturated carbocycles. The molecule has 0 amide bonds. The Labute approximate surface area is 138 Å². The van der Waals surface area contributed by atoms with E-state index < -0.39 is 13.3 Å². The van der Waals surface area contributed by atoms with Crippen molar-refractivity contribution in [1.82, 2.24) is 0 Å². The molecule has 0 bridgehead atoms. The molecule has 4 heteroatoms. The minimum atomic E-state index is -3.76. The monoisotopic (exact) mass is 332 g/mol. The highest BCUT2D eigenvalue weighted by molar-refractivity contribution is 7.54. The van der Waals surface area contributed by atoms with Crippen LogP contribution in [-0.2, 0) is 9.09 Å². The van der Waals surface area contributed by atoms with E-state index in [1.807, 2.05) is 18.2 Å². The summed E-state index contributed by atoms with van der Waals surface area (Å²) in [5.41, 5.74) is 4.81. The fourth-order valence-electron chi connectivity index (χ4n) is 2.93. The predicted octanol–water partition coefficient (Wildman–Crippen LogP) is 5.10. The van der Waals surface area contributed by atoms with Crippen LogP contribution in [0.5, 0.6) is 0 Å². The molecule has 0 saturated heterocycles. The first kappa shape index (κ1) is 17.9. The van der Waals surface area contributed by atoms with Crippen LogP contribution in [0.1, 0.15) is 36.1 Å². The molecule has 0 radical (unpaired) electrons. The molecule has 2 atom stereocenters. The second kappa shape index (κ2) is 7.00. The molecule has 23 heavy (non-hydrogen) atoms.